The molecule has 4 nitrogen and oxygen atoms in total. The topological polar surface area (TPSA) is 55.7 Å². The normalized spacial score (nSPS) is 17.2. The van der Waals surface area contributed by atoms with Gasteiger partial charge in [-0.3, -0.25) is 9.59 Å². The standard InChI is InChI=1S/C14H15NO3S3/c1-14(2,3)18-11(16)8-20-13-15-10(12(17)21-13)7-9-5-4-6-19-9/h4-7H,8H2,1-3H3. The van der Waals surface area contributed by atoms with E-state index >= 15 is 0 Å². The van der Waals surface area contributed by atoms with E-state index in [9.17, 15) is 9.59 Å². The van der Waals surface area contributed by atoms with Crippen LogP contribution in [0.1, 0.15) is 25.6 Å². The molecule has 1 aliphatic rings. The molecule has 0 radical (unpaired) electrons. The molecule has 0 spiro atoms. The number of carbonyl (C=O) groups excluding carboxylic acids is 2. The van der Waals surface area contributed by atoms with Crippen molar-refractivity contribution in [3.63, 3.8) is 0 Å². The SMILES string of the molecule is CC(C)(C)OC(=O)CSC1=NC(=Cc2cccs2)C(=O)S1. The van der Waals surface area contributed by atoms with E-state index in [4.69, 9.17) is 4.74 Å². The number of ether oxygens (including phenoxy) is 1. The van der Waals surface area contributed by atoms with Crippen LogP contribution < -0.4 is 0 Å². The minimum absolute atomic E-state index is 0.0879. The Kier molecular flexibility index (Phi) is 5.29. The molecule has 1 aromatic rings. The van der Waals surface area contributed by atoms with Gasteiger partial charge in [-0.2, -0.15) is 0 Å². The van der Waals surface area contributed by atoms with Crippen molar-refractivity contribution < 1.29 is 14.3 Å². The maximum Gasteiger partial charge on any atom is 0.316 e. The van der Waals surface area contributed by atoms with Gasteiger partial charge in [-0.15, -0.1) is 11.3 Å². The van der Waals surface area contributed by atoms with Gasteiger partial charge in [0.25, 0.3) is 0 Å². The third-order valence-corrected chi connectivity index (χ3v) is 4.96. The third kappa shape index (κ3) is 5.33. The number of hydrogen-bond acceptors (Lipinski definition) is 7. The van der Waals surface area contributed by atoms with Gasteiger partial charge in [0.05, 0.1) is 5.75 Å². The fourth-order valence-electron chi connectivity index (χ4n) is 1.45. The molecule has 1 aromatic heterocycles. The van der Waals surface area contributed by atoms with E-state index in [1.807, 2.05) is 38.3 Å². The lowest BCUT2D eigenvalue weighted by Gasteiger charge is -2.19. The summed E-state index contributed by atoms with van der Waals surface area (Å²) in [5, 5.41) is 1.86. The Labute approximate surface area is 136 Å². The first kappa shape index (κ1) is 16.3. The van der Waals surface area contributed by atoms with Crippen molar-refractivity contribution in [3.8, 4) is 0 Å². The summed E-state index contributed by atoms with van der Waals surface area (Å²) in [6.45, 7) is 5.47. The minimum atomic E-state index is -0.498. The van der Waals surface area contributed by atoms with Gasteiger partial charge in [-0.25, -0.2) is 4.99 Å². The van der Waals surface area contributed by atoms with Crippen LogP contribution in [0.5, 0.6) is 0 Å². The quantitative estimate of drug-likeness (QED) is 0.618. The molecule has 0 aromatic carbocycles. The molecule has 0 unspecified atom stereocenters. The number of thioether (sulfide) groups is 2. The third-order valence-electron chi connectivity index (χ3n) is 2.16. The first-order valence-corrected chi connectivity index (χ1v) is 8.92. The van der Waals surface area contributed by atoms with Gasteiger partial charge >= 0.3 is 5.97 Å². The Morgan fingerprint density at radius 2 is 2.24 bits per heavy atom. The molecule has 0 atom stereocenters. The van der Waals surface area contributed by atoms with E-state index in [1.165, 1.54) is 11.8 Å². The van der Waals surface area contributed by atoms with Gasteiger partial charge in [0.2, 0.25) is 5.12 Å². The summed E-state index contributed by atoms with van der Waals surface area (Å²) in [6, 6.07) is 3.85. The molecule has 112 valence electrons. The van der Waals surface area contributed by atoms with E-state index in [-0.39, 0.29) is 16.8 Å². The molecule has 0 bridgehead atoms. The molecule has 0 fully saturated rings. The second kappa shape index (κ2) is 6.81. The minimum Gasteiger partial charge on any atom is -0.459 e. The van der Waals surface area contributed by atoms with Gasteiger partial charge in [0, 0.05) is 4.88 Å². The Morgan fingerprint density at radius 3 is 2.86 bits per heavy atom. The molecule has 0 saturated heterocycles. The molecule has 21 heavy (non-hydrogen) atoms. The van der Waals surface area contributed by atoms with E-state index in [0.29, 0.717) is 10.1 Å². The Hall–Kier alpha value is -1.05. The van der Waals surface area contributed by atoms with Crippen LogP contribution in [0.2, 0.25) is 0 Å². The van der Waals surface area contributed by atoms with Crippen LogP contribution in [0.3, 0.4) is 0 Å². The summed E-state index contributed by atoms with van der Waals surface area (Å²) >= 11 is 3.84. The molecule has 0 aliphatic carbocycles. The van der Waals surface area contributed by atoms with Gasteiger partial charge in [0.1, 0.15) is 15.7 Å². The fourth-order valence-corrected chi connectivity index (χ4v) is 3.72. The number of carbonyl (C=O) groups is 2. The number of esters is 1. The maximum absolute atomic E-state index is 11.8. The maximum atomic E-state index is 11.8. The second-order valence-electron chi connectivity index (χ2n) is 5.19. The number of aliphatic imine (C=N–C) groups is 1. The molecule has 0 saturated carbocycles. The van der Waals surface area contributed by atoms with E-state index in [0.717, 1.165) is 16.6 Å². The average Bonchev–Trinajstić information content (AvgIpc) is 2.96. The van der Waals surface area contributed by atoms with Crippen molar-refractivity contribution in [1.82, 2.24) is 0 Å². The van der Waals surface area contributed by atoms with Crippen molar-refractivity contribution in [2.24, 2.45) is 4.99 Å². The zero-order chi connectivity index (χ0) is 15.5. The van der Waals surface area contributed by atoms with E-state index < -0.39 is 5.60 Å². The summed E-state index contributed by atoms with van der Waals surface area (Å²) in [7, 11) is 0. The highest BCUT2D eigenvalue weighted by Gasteiger charge is 2.24. The van der Waals surface area contributed by atoms with Gasteiger partial charge in [-0.1, -0.05) is 17.8 Å². The van der Waals surface area contributed by atoms with Crippen molar-refractivity contribution in [2.75, 3.05) is 5.75 Å². The number of nitrogens with zero attached hydrogens (tertiary/aromatic N) is 1. The number of hydrogen-bond donors (Lipinski definition) is 0. The summed E-state index contributed by atoms with van der Waals surface area (Å²) in [5.41, 5.74) is -0.0726. The van der Waals surface area contributed by atoms with Gasteiger partial charge in [-0.05, 0) is 50.1 Å². The van der Waals surface area contributed by atoms with Crippen LogP contribution in [0, 0.1) is 0 Å². The predicted octanol–water partition coefficient (Wildman–Crippen LogP) is 3.79. The molecule has 2 rings (SSSR count). The first-order valence-electron chi connectivity index (χ1n) is 6.24. The highest BCUT2D eigenvalue weighted by Crippen LogP contribution is 2.31. The number of thiophene rings is 1. The van der Waals surface area contributed by atoms with Crippen LogP contribution >= 0.6 is 34.9 Å². The molecule has 1 aliphatic heterocycles. The van der Waals surface area contributed by atoms with Crippen LogP contribution in [0.15, 0.2) is 28.2 Å². The Morgan fingerprint density at radius 1 is 1.48 bits per heavy atom. The summed E-state index contributed by atoms with van der Waals surface area (Å²) in [6.07, 6.45) is 1.76. The smallest absolute Gasteiger partial charge is 0.316 e. The Bertz CT molecular complexity index is 597. The number of rotatable bonds is 3. The molecule has 2 heterocycles. The summed E-state index contributed by atoms with van der Waals surface area (Å²) in [5.74, 6) is -0.151. The van der Waals surface area contributed by atoms with Crippen molar-refractivity contribution in [1.29, 1.82) is 0 Å². The van der Waals surface area contributed by atoms with Crippen LogP contribution in [0.25, 0.3) is 6.08 Å². The Balaban J connectivity index is 1.93. The van der Waals surface area contributed by atoms with Crippen LogP contribution in [0.4, 0.5) is 0 Å². The molecule has 0 amide bonds. The van der Waals surface area contributed by atoms with E-state index in [1.54, 1.807) is 17.4 Å². The molecular formula is C14H15NO3S3. The van der Waals surface area contributed by atoms with Gasteiger partial charge < -0.3 is 4.74 Å². The van der Waals surface area contributed by atoms with E-state index in [2.05, 4.69) is 4.99 Å². The van der Waals surface area contributed by atoms with Gasteiger partial charge in [0.15, 0.2) is 0 Å². The second-order valence-corrected chi connectivity index (χ2v) is 8.35. The largest absolute Gasteiger partial charge is 0.459 e. The molecular weight excluding hydrogens is 326 g/mol. The van der Waals surface area contributed by atoms with Crippen LogP contribution in [-0.2, 0) is 14.3 Å². The zero-order valence-electron chi connectivity index (χ0n) is 11.9. The lowest BCUT2D eigenvalue weighted by atomic mass is 10.2. The average molecular weight is 341 g/mol. The fraction of sp³-hybridized carbons (Fsp3) is 0.357. The first-order chi connectivity index (χ1) is 9.83. The highest BCUT2D eigenvalue weighted by molar-refractivity contribution is 8.45. The van der Waals surface area contributed by atoms with Crippen molar-refractivity contribution >= 4 is 56.4 Å². The van der Waals surface area contributed by atoms with Crippen molar-refractivity contribution in [3.05, 3.63) is 28.1 Å². The lowest BCUT2D eigenvalue weighted by Crippen LogP contribution is -2.25. The van der Waals surface area contributed by atoms with Crippen LogP contribution in [-0.4, -0.2) is 26.8 Å². The monoisotopic (exact) mass is 341 g/mol. The molecule has 0 N–H and O–H groups in total. The van der Waals surface area contributed by atoms with Crippen molar-refractivity contribution in [2.45, 2.75) is 26.4 Å². The zero-order valence-corrected chi connectivity index (χ0v) is 14.4. The molecule has 7 heteroatoms. The summed E-state index contributed by atoms with van der Waals surface area (Å²) < 4.78 is 5.81. The highest BCUT2D eigenvalue weighted by atomic mass is 32.2. The summed E-state index contributed by atoms with van der Waals surface area (Å²) in [4.78, 5) is 28.7. The lowest BCUT2D eigenvalue weighted by molar-refractivity contribution is -0.151. The predicted molar refractivity (Wildman–Crippen MR) is 90.6 cm³/mol.